The van der Waals surface area contributed by atoms with Gasteiger partial charge in [0.1, 0.15) is 11.5 Å². The molecule has 0 bridgehead atoms. The molecule has 0 spiro atoms. The van der Waals surface area contributed by atoms with Gasteiger partial charge in [-0.3, -0.25) is 5.10 Å². The monoisotopic (exact) mass is 425 g/mol. The summed E-state index contributed by atoms with van der Waals surface area (Å²) in [5.74, 6) is 5.17. The molecular weight excluding hydrogens is 397 g/mol. The summed E-state index contributed by atoms with van der Waals surface area (Å²) in [6.45, 7) is 6.53. The highest BCUT2D eigenvalue weighted by molar-refractivity contribution is 7.98. The zero-order valence-electron chi connectivity index (χ0n) is 17.7. The Balaban J connectivity index is 1.27. The zero-order chi connectivity index (χ0) is 20.9. The van der Waals surface area contributed by atoms with Gasteiger partial charge in [-0.25, -0.2) is 4.39 Å². The number of H-pyrrole nitrogens is 1. The predicted molar refractivity (Wildman–Crippen MR) is 120 cm³/mol. The van der Waals surface area contributed by atoms with Crippen LogP contribution in [0.5, 0.6) is 0 Å². The van der Waals surface area contributed by atoms with Crippen LogP contribution in [0.15, 0.2) is 34.7 Å². The molecular formula is C24H28FN3OS. The van der Waals surface area contributed by atoms with Gasteiger partial charge in [-0.05, 0) is 43.0 Å². The average Bonchev–Trinajstić information content (AvgIpc) is 3.49. The molecule has 5 rings (SSSR count). The van der Waals surface area contributed by atoms with E-state index in [1.54, 1.807) is 11.8 Å². The van der Waals surface area contributed by atoms with Crippen molar-refractivity contribution in [3.8, 4) is 0 Å². The van der Waals surface area contributed by atoms with Gasteiger partial charge in [-0.2, -0.15) is 16.9 Å². The molecule has 3 heterocycles. The summed E-state index contributed by atoms with van der Waals surface area (Å²) in [4.78, 5) is 0. The summed E-state index contributed by atoms with van der Waals surface area (Å²) >= 11 is 1.76. The predicted octanol–water partition coefficient (Wildman–Crippen LogP) is 6.98. The normalized spacial score (nSPS) is 21.2. The Morgan fingerprint density at radius 3 is 2.77 bits per heavy atom. The first-order valence-electron chi connectivity index (χ1n) is 10.7. The number of rotatable bonds is 4. The Bertz CT molecular complexity index is 1060. The summed E-state index contributed by atoms with van der Waals surface area (Å²) in [5.41, 5.74) is 3.58. The van der Waals surface area contributed by atoms with E-state index in [4.69, 9.17) is 4.42 Å². The van der Waals surface area contributed by atoms with Crippen molar-refractivity contribution < 1.29 is 8.81 Å². The van der Waals surface area contributed by atoms with Gasteiger partial charge in [0.2, 0.25) is 0 Å². The maximum absolute atomic E-state index is 14.8. The van der Waals surface area contributed by atoms with Crippen molar-refractivity contribution in [2.75, 3.05) is 5.32 Å². The number of halogens is 1. The molecule has 2 aliphatic rings. The highest BCUT2D eigenvalue weighted by atomic mass is 32.2. The highest BCUT2D eigenvalue weighted by Gasteiger charge is 2.31. The molecule has 0 saturated heterocycles. The number of nitrogens with one attached hydrogen (secondary N) is 2. The van der Waals surface area contributed by atoms with Crippen molar-refractivity contribution in [2.45, 2.75) is 68.8 Å². The van der Waals surface area contributed by atoms with E-state index < -0.39 is 0 Å². The third-order valence-corrected chi connectivity index (χ3v) is 7.35. The standard InChI is InChI=1S/C24H28FN3OS/c1-24(2,3)21-9-8-20(29-21)15-5-4-14(10-15)19-11-22(28-27-19)26-18-7-6-16-12-30-13-17(16)23(18)25/h6-9,11,14-15H,4-5,10,12-13H2,1-3H3,(H2,26,27,28). The van der Waals surface area contributed by atoms with Crippen LogP contribution >= 0.6 is 11.8 Å². The molecule has 1 aliphatic heterocycles. The number of fused-ring (bicyclic) bond motifs is 1. The lowest BCUT2D eigenvalue weighted by Gasteiger charge is -2.15. The molecule has 2 N–H and O–H groups in total. The second-order valence-corrected chi connectivity index (χ2v) is 10.5. The van der Waals surface area contributed by atoms with Crippen LogP contribution in [0.25, 0.3) is 0 Å². The lowest BCUT2D eigenvalue weighted by atomic mass is 9.94. The minimum atomic E-state index is -0.143. The number of hydrogen-bond acceptors (Lipinski definition) is 4. The van der Waals surface area contributed by atoms with Crippen LogP contribution in [-0.4, -0.2) is 10.2 Å². The minimum Gasteiger partial charge on any atom is -0.465 e. The number of benzene rings is 1. The number of aromatic amines is 1. The summed E-state index contributed by atoms with van der Waals surface area (Å²) < 4.78 is 20.9. The fraction of sp³-hybridized carbons (Fsp3) is 0.458. The van der Waals surface area contributed by atoms with Gasteiger partial charge in [-0.15, -0.1) is 0 Å². The fourth-order valence-corrected chi connectivity index (χ4v) is 5.67. The quantitative estimate of drug-likeness (QED) is 0.473. The number of thioether (sulfide) groups is 1. The van der Waals surface area contributed by atoms with Gasteiger partial charge < -0.3 is 9.73 Å². The van der Waals surface area contributed by atoms with E-state index in [0.29, 0.717) is 23.3 Å². The topological polar surface area (TPSA) is 53.9 Å². The average molecular weight is 426 g/mol. The van der Waals surface area contributed by atoms with Crippen molar-refractivity contribution in [2.24, 2.45) is 0 Å². The van der Waals surface area contributed by atoms with Crippen LogP contribution in [0.2, 0.25) is 0 Å². The van der Waals surface area contributed by atoms with E-state index in [-0.39, 0.29) is 11.2 Å². The first kappa shape index (κ1) is 19.7. The Morgan fingerprint density at radius 1 is 1.13 bits per heavy atom. The SMILES string of the molecule is CC(C)(C)c1ccc(C2CCC(c3cc(Nc4ccc5c(c4F)CSC5)n[nH]3)C2)o1. The lowest BCUT2D eigenvalue weighted by molar-refractivity contribution is 0.369. The highest BCUT2D eigenvalue weighted by Crippen LogP contribution is 2.44. The molecule has 0 amide bonds. The largest absolute Gasteiger partial charge is 0.465 e. The number of hydrogen-bond donors (Lipinski definition) is 2. The number of furan rings is 1. The van der Waals surface area contributed by atoms with E-state index in [1.807, 2.05) is 18.2 Å². The zero-order valence-corrected chi connectivity index (χ0v) is 18.5. The maximum Gasteiger partial charge on any atom is 0.152 e. The molecule has 3 aromatic rings. The van der Waals surface area contributed by atoms with Crippen LogP contribution in [0.1, 0.15) is 80.2 Å². The molecule has 30 heavy (non-hydrogen) atoms. The van der Waals surface area contributed by atoms with Crippen molar-refractivity contribution >= 4 is 23.3 Å². The van der Waals surface area contributed by atoms with E-state index in [2.05, 4.69) is 48.4 Å². The molecule has 158 valence electrons. The van der Waals surface area contributed by atoms with Gasteiger partial charge in [-0.1, -0.05) is 26.8 Å². The van der Waals surface area contributed by atoms with E-state index in [9.17, 15) is 4.39 Å². The molecule has 2 aromatic heterocycles. The van der Waals surface area contributed by atoms with Crippen LogP contribution in [0.3, 0.4) is 0 Å². The van der Waals surface area contributed by atoms with Crippen LogP contribution < -0.4 is 5.32 Å². The number of aromatic nitrogens is 2. The molecule has 1 aliphatic carbocycles. The third kappa shape index (κ3) is 3.66. The molecule has 0 radical (unpaired) electrons. The van der Waals surface area contributed by atoms with Crippen molar-refractivity contribution in [3.63, 3.8) is 0 Å². The van der Waals surface area contributed by atoms with Gasteiger partial charge in [0.25, 0.3) is 0 Å². The van der Waals surface area contributed by atoms with Crippen LogP contribution in [0, 0.1) is 5.82 Å². The van der Waals surface area contributed by atoms with Gasteiger partial charge in [0.05, 0.1) is 5.69 Å². The lowest BCUT2D eigenvalue weighted by Crippen LogP contribution is -2.09. The minimum absolute atomic E-state index is 0.0335. The van der Waals surface area contributed by atoms with E-state index in [1.165, 1.54) is 0 Å². The molecule has 4 nitrogen and oxygen atoms in total. The first-order valence-corrected chi connectivity index (χ1v) is 11.8. The molecule has 1 fully saturated rings. The second kappa shape index (κ2) is 7.49. The Morgan fingerprint density at radius 2 is 1.97 bits per heavy atom. The fourth-order valence-electron chi connectivity index (χ4n) is 4.56. The summed E-state index contributed by atoms with van der Waals surface area (Å²) in [6, 6.07) is 10.1. The molecule has 2 unspecified atom stereocenters. The summed E-state index contributed by atoms with van der Waals surface area (Å²) in [5, 5.41) is 10.7. The van der Waals surface area contributed by atoms with Crippen LogP contribution in [-0.2, 0) is 16.9 Å². The second-order valence-electron chi connectivity index (χ2n) is 9.55. The van der Waals surface area contributed by atoms with E-state index >= 15 is 0 Å². The molecule has 1 aromatic carbocycles. The number of anilines is 2. The molecule has 6 heteroatoms. The third-order valence-electron chi connectivity index (χ3n) is 6.35. The van der Waals surface area contributed by atoms with Gasteiger partial charge >= 0.3 is 0 Å². The van der Waals surface area contributed by atoms with E-state index in [0.717, 1.165) is 59.1 Å². The smallest absolute Gasteiger partial charge is 0.152 e. The summed E-state index contributed by atoms with van der Waals surface area (Å²) in [6.07, 6.45) is 3.26. The van der Waals surface area contributed by atoms with Crippen LogP contribution in [0.4, 0.5) is 15.9 Å². The molecule has 1 saturated carbocycles. The number of nitrogens with zero attached hydrogens (tertiary/aromatic N) is 1. The Hall–Kier alpha value is -2.21. The Labute approximate surface area is 181 Å². The van der Waals surface area contributed by atoms with Gasteiger partial charge in [0.15, 0.2) is 11.6 Å². The Kier molecular flexibility index (Phi) is 4.92. The maximum atomic E-state index is 14.8. The van der Waals surface area contributed by atoms with Crippen molar-refractivity contribution in [1.29, 1.82) is 0 Å². The molecule has 2 atom stereocenters. The van der Waals surface area contributed by atoms with Gasteiger partial charge in [0, 0.05) is 46.1 Å². The van der Waals surface area contributed by atoms with Crippen molar-refractivity contribution in [3.05, 3.63) is 64.5 Å². The van der Waals surface area contributed by atoms with Crippen molar-refractivity contribution in [1.82, 2.24) is 10.2 Å². The summed E-state index contributed by atoms with van der Waals surface area (Å²) in [7, 11) is 0. The first-order chi connectivity index (χ1) is 14.4.